The van der Waals surface area contributed by atoms with Crippen molar-refractivity contribution in [3.05, 3.63) is 57.7 Å². The number of hydrogen-bond acceptors (Lipinski definition) is 6. The minimum absolute atomic E-state index is 0.0863. The molecule has 0 radical (unpaired) electrons. The second kappa shape index (κ2) is 9.75. The standard InChI is InChI=1S/C25H29N3O5S2/c1-27-14-6-7-15-28(35(31,32)17-12-13-19-23(16-17)34-25(30)26-19)20-9-3-5-11-22(20)33-21-10-4-2-8-18(21)24(27)29/h2,4,8,10,12-13,16,20,22H,3,5-7,9,11,14-15H2,1H3,(H,26,30)/t20-,22+/m1/s1. The molecule has 3 aromatic rings. The lowest BCUT2D eigenvalue weighted by atomic mass is 9.92. The van der Waals surface area contributed by atoms with E-state index in [4.69, 9.17) is 4.74 Å². The minimum atomic E-state index is -3.84. The highest BCUT2D eigenvalue weighted by Gasteiger charge is 2.39. The molecule has 8 nitrogen and oxygen atoms in total. The van der Waals surface area contributed by atoms with Gasteiger partial charge in [-0.05, 0) is 62.4 Å². The lowest BCUT2D eigenvalue weighted by Gasteiger charge is -2.39. The van der Waals surface area contributed by atoms with Crippen LogP contribution < -0.4 is 9.61 Å². The van der Waals surface area contributed by atoms with Crippen LogP contribution in [0.25, 0.3) is 10.2 Å². The number of nitrogens with one attached hydrogen (secondary N) is 1. The Balaban J connectivity index is 1.55. The molecule has 1 fully saturated rings. The van der Waals surface area contributed by atoms with Gasteiger partial charge in [-0.3, -0.25) is 9.59 Å². The molecule has 1 saturated carbocycles. The molecule has 186 valence electrons. The molecule has 1 N–H and O–H groups in total. The van der Waals surface area contributed by atoms with Crippen LogP contribution in [-0.4, -0.2) is 60.8 Å². The number of carbonyl (C=O) groups excluding carboxylic acids is 1. The van der Waals surface area contributed by atoms with Gasteiger partial charge in [0, 0.05) is 20.1 Å². The highest BCUT2D eigenvalue weighted by atomic mass is 32.2. The van der Waals surface area contributed by atoms with E-state index in [1.54, 1.807) is 46.6 Å². The summed E-state index contributed by atoms with van der Waals surface area (Å²) in [4.78, 5) is 29.2. The molecule has 2 aliphatic rings. The van der Waals surface area contributed by atoms with E-state index in [1.165, 1.54) is 0 Å². The Morgan fingerprint density at radius 2 is 1.77 bits per heavy atom. The zero-order valence-corrected chi connectivity index (χ0v) is 21.2. The van der Waals surface area contributed by atoms with Crippen molar-refractivity contribution >= 4 is 37.5 Å². The number of aromatic nitrogens is 1. The first kappa shape index (κ1) is 24.0. The first-order chi connectivity index (χ1) is 16.8. The summed E-state index contributed by atoms with van der Waals surface area (Å²) in [6.07, 6.45) is 4.22. The third kappa shape index (κ3) is 4.74. The van der Waals surface area contributed by atoms with Crippen molar-refractivity contribution < 1.29 is 17.9 Å². The Labute approximate surface area is 208 Å². The van der Waals surface area contributed by atoms with Crippen LogP contribution in [0.15, 0.2) is 52.2 Å². The summed E-state index contributed by atoms with van der Waals surface area (Å²) in [5, 5.41) is 0. The van der Waals surface area contributed by atoms with Crippen molar-refractivity contribution in [1.29, 1.82) is 0 Å². The third-order valence-corrected chi connectivity index (χ3v) is 9.67. The summed E-state index contributed by atoms with van der Waals surface area (Å²) < 4.78 is 36.6. The number of nitrogens with zero attached hydrogens (tertiary/aromatic N) is 2. The normalized spacial score (nSPS) is 22.5. The number of aromatic amines is 1. The molecule has 10 heteroatoms. The molecule has 2 heterocycles. The molecule has 0 unspecified atom stereocenters. The number of benzene rings is 2. The summed E-state index contributed by atoms with van der Waals surface area (Å²) in [7, 11) is -2.08. The molecule has 0 spiro atoms. The number of rotatable bonds is 2. The smallest absolute Gasteiger partial charge is 0.305 e. The first-order valence-corrected chi connectivity index (χ1v) is 14.3. The number of ether oxygens (including phenoxy) is 1. The number of sulfonamides is 1. The molecule has 35 heavy (non-hydrogen) atoms. The average molecular weight is 516 g/mol. The lowest BCUT2D eigenvalue weighted by molar-refractivity contribution is 0.0658. The van der Waals surface area contributed by atoms with E-state index in [0.29, 0.717) is 60.3 Å². The summed E-state index contributed by atoms with van der Waals surface area (Å²) >= 11 is 1.01. The zero-order chi connectivity index (χ0) is 24.6. The van der Waals surface area contributed by atoms with Gasteiger partial charge in [-0.25, -0.2) is 8.42 Å². The van der Waals surface area contributed by atoms with Gasteiger partial charge >= 0.3 is 4.87 Å². The maximum Gasteiger partial charge on any atom is 0.305 e. The molecule has 1 amide bonds. The van der Waals surface area contributed by atoms with Crippen molar-refractivity contribution in [2.24, 2.45) is 0 Å². The molecule has 0 bridgehead atoms. The fourth-order valence-electron chi connectivity index (χ4n) is 5.06. The zero-order valence-electron chi connectivity index (χ0n) is 19.6. The van der Waals surface area contributed by atoms with Gasteiger partial charge < -0.3 is 14.6 Å². The second-order valence-electron chi connectivity index (χ2n) is 9.23. The molecule has 1 aliphatic heterocycles. The van der Waals surface area contributed by atoms with Crippen molar-refractivity contribution in [2.75, 3.05) is 20.1 Å². The largest absolute Gasteiger partial charge is 0.488 e. The van der Waals surface area contributed by atoms with Gasteiger partial charge in [-0.2, -0.15) is 4.31 Å². The van der Waals surface area contributed by atoms with E-state index in [2.05, 4.69) is 4.98 Å². The van der Waals surface area contributed by atoms with Crippen LogP contribution in [0, 0.1) is 0 Å². The Morgan fingerprint density at radius 1 is 1.00 bits per heavy atom. The molecule has 0 saturated heterocycles. The Hall–Kier alpha value is -2.69. The minimum Gasteiger partial charge on any atom is -0.488 e. The fraction of sp³-hybridized carbons (Fsp3) is 0.440. The first-order valence-electron chi connectivity index (χ1n) is 12.0. The van der Waals surface area contributed by atoms with Gasteiger partial charge in [0.2, 0.25) is 10.0 Å². The highest BCUT2D eigenvalue weighted by molar-refractivity contribution is 7.89. The summed E-state index contributed by atoms with van der Waals surface area (Å²) in [6.45, 7) is 0.871. The van der Waals surface area contributed by atoms with Crippen LogP contribution in [0.2, 0.25) is 0 Å². The van der Waals surface area contributed by atoms with Crippen LogP contribution >= 0.6 is 11.3 Å². The molecule has 2 aromatic carbocycles. The SMILES string of the molecule is CN1CCCCN(S(=O)(=O)c2ccc3[nH]c(=O)sc3c2)[C@@H]2CCCC[C@@H]2Oc2ccccc2C1=O. The molecular weight excluding hydrogens is 486 g/mol. The van der Waals surface area contributed by atoms with E-state index in [9.17, 15) is 18.0 Å². The Kier molecular flexibility index (Phi) is 6.69. The van der Waals surface area contributed by atoms with Crippen molar-refractivity contribution in [1.82, 2.24) is 14.2 Å². The maximum absolute atomic E-state index is 14.0. The van der Waals surface area contributed by atoms with Crippen LogP contribution in [0.5, 0.6) is 5.75 Å². The number of para-hydroxylation sites is 1. The van der Waals surface area contributed by atoms with E-state index in [-0.39, 0.29) is 27.8 Å². The number of thiazole rings is 1. The molecular formula is C25H29N3O5S2. The Bertz CT molecular complexity index is 1400. The number of H-pyrrole nitrogens is 1. The summed E-state index contributed by atoms with van der Waals surface area (Å²) in [5.74, 6) is 0.412. The van der Waals surface area contributed by atoms with Gasteiger partial charge in [-0.1, -0.05) is 29.9 Å². The number of hydrogen-bond donors (Lipinski definition) is 1. The van der Waals surface area contributed by atoms with Crippen LogP contribution in [0.1, 0.15) is 48.9 Å². The predicted molar refractivity (Wildman–Crippen MR) is 136 cm³/mol. The van der Waals surface area contributed by atoms with E-state index >= 15 is 0 Å². The quantitative estimate of drug-likeness (QED) is 0.559. The van der Waals surface area contributed by atoms with Crippen molar-refractivity contribution in [3.8, 4) is 5.75 Å². The Morgan fingerprint density at radius 3 is 2.63 bits per heavy atom. The number of carbonyl (C=O) groups is 1. The van der Waals surface area contributed by atoms with Gasteiger partial charge in [0.05, 0.1) is 26.7 Å². The van der Waals surface area contributed by atoms with E-state index in [0.717, 1.165) is 24.2 Å². The number of amides is 1. The monoisotopic (exact) mass is 515 g/mol. The van der Waals surface area contributed by atoms with Crippen LogP contribution in [-0.2, 0) is 10.0 Å². The van der Waals surface area contributed by atoms with Gasteiger partial charge in [0.1, 0.15) is 11.9 Å². The predicted octanol–water partition coefficient (Wildman–Crippen LogP) is 3.84. The van der Waals surface area contributed by atoms with E-state index < -0.39 is 10.0 Å². The summed E-state index contributed by atoms with van der Waals surface area (Å²) in [6, 6.07) is 11.7. The summed E-state index contributed by atoms with van der Waals surface area (Å²) in [5.41, 5.74) is 1.14. The third-order valence-electron chi connectivity index (χ3n) is 6.90. The van der Waals surface area contributed by atoms with Crippen LogP contribution in [0.3, 0.4) is 0 Å². The molecule has 1 aliphatic carbocycles. The molecule has 2 atom stereocenters. The number of fused-ring (bicyclic) bond motifs is 3. The topological polar surface area (TPSA) is 99.8 Å². The van der Waals surface area contributed by atoms with Crippen molar-refractivity contribution in [3.63, 3.8) is 0 Å². The highest BCUT2D eigenvalue weighted by Crippen LogP contribution is 2.34. The fourth-order valence-corrected chi connectivity index (χ4v) is 7.66. The average Bonchev–Trinajstić information content (AvgIpc) is 3.23. The van der Waals surface area contributed by atoms with Crippen LogP contribution in [0.4, 0.5) is 0 Å². The second-order valence-corrected chi connectivity index (χ2v) is 12.1. The lowest BCUT2D eigenvalue weighted by Crippen LogP contribution is -2.51. The van der Waals surface area contributed by atoms with Gasteiger partial charge in [0.25, 0.3) is 5.91 Å². The molecule has 1 aromatic heterocycles. The van der Waals surface area contributed by atoms with Crippen molar-refractivity contribution in [2.45, 2.75) is 55.6 Å². The van der Waals surface area contributed by atoms with Gasteiger partial charge in [-0.15, -0.1) is 0 Å². The maximum atomic E-state index is 14.0. The van der Waals surface area contributed by atoms with E-state index in [1.807, 2.05) is 12.1 Å². The molecule has 5 rings (SSSR count). The van der Waals surface area contributed by atoms with Gasteiger partial charge in [0.15, 0.2) is 0 Å².